The van der Waals surface area contributed by atoms with E-state index in [9.17, 15) is 9.59 Å². The van der Waals surface area contributed by atoms with Gasteiger partial charge in [0.2, 0.25) is 11.8 Å². The molecule has 0 radical (unpaired) electrons. The van der Waals surface area contributed by atoms with Gasteiger partial charge in [-0.05, 0) is 37.0 Å². The lowest BCUT2D eigenvalue weighted by atomic mass is 10.0. The van der Waals surface area contributed by atoms with E-state index in [1.807, 2.05) is 93.6 Å². The van der Waals surface area contributed by atoms with Crippen molar-refractivity contribution < 1.29 is 9.59 Å². The van der Waals surface area contributed by atoms with E-state index in [0.29, 0.717) is 18.7 Å². The molecule has 184 valence electrons. The van der Waals surface area contributed by atoms with Gasteiger partial charge >= 0.3 is 0 Å². The van der Waals surface area contributed by atoms with Gasteiger partial charge < -0.3 is 10.2 Å². The van der Waals surface area contributed by atoms with E-state index in [2.05, 4.69) is 17.4 Å². The number of aryl methyl sites for hydroxylation is 1. The van der Waals surface area contributed by atoms with Crippen LogP contribution in [0.15, 0.2) is 84.9 Å². The van der Waals surface area contributed by atoms with Crippen LogP contribution < -0.4 is 5.32 Å². The maximum absolute atomic E-state index is 13.6. The minimum absolute atomic E-state index is 0.0215. The molecule has 2 atom stereocenters. The number of carbonyl (C=O) groups is 2. The highest BCUT2D eigenvalue weighted by Crippen LogP contribution is 2.19. The molecule has 0 aliphatic carbocycles. The van der Waals surface area contributed by atoms with Gasteiger partial charge in [0, 0.05) is 24.8 Å². The van der Waals surface area contributed by atoms with Crippen LogP contribution in [0.5, 0.6) is 0 Å². The third kappa shape index (κ3) is 8.59. The fourth-order valence-electron chi connectivity index (χ4n) is 3.80. The van der Waals surface area contributed by atoms with Crippen LogP contribution in [0.3, 0.4) is 0 Å². The molecule has 35 heavy (non-hydrogen) atoms. The maximum Gasteiger partial charge on any atom is 0.243 e. The van der Waals surface area contributed by atoms with Crippen molar-refractivity contribution in [2.75, 3.05) is 5.75 Å². The van der Waals surface area contributed by atoms with E-state index in [1.54, 1.807) is 16.7 Å². The number of thioether (sulfide) groups is 1. The Hall–Kier alpha value is -3.05. The zero-order valence-electron chi connectivity index (χ0n) is 20.9. The zero-order chi connectivity index (χ0) is 25.0. The van der Waals surface area contributed by atoms with Crippen molar-refractivity contribution >= 4 is 23.6 Å². The number of nitrogens with one attached hydrogen (secondary N) is 1. The number of rotatable bonds is 12. The first-order valence-electron chi connectivity index (χ1n) is 12.3. The molecule has 0 saturated carbocycles. The number of benzene rings is 3. The second kappa shape index (κ2) is 13.7. The summed E-state index contributed by atoms with van der Waals surface area (Å²) >= 11 is 1.59. The van der Waals surface area contributed by atoms with E-state index in [-0.39, 0.29) is 17.9 Å². The van der Waals surface area contributed by atoms with Crippen molar-refractivity contribution in [1.29, 1.82) is 0 Å². The zero-order valence-corrected chi connectivity index (χ0v) is 21.8. The molecule has 0 aliphatic heterocycles. The second-order valence-corrected chi connectivity index (χ2v) is 9.99. The number of carbonyl (C=O) groups excluding carboxylic acids is 2. The summed E-state index contributed by atoms with van der Waals surface area (Å²) in [6.07, 6.45) is 1.31. The Kier molecular flexibility index (Phi) is 10.4. The fourth-order valence-corrected chi connectivity index (χ4v) is 4.67. The largest absolute Gasteiger partial charge is 0.352 e. The smallest absolute Gasteiger partial charge is 0.243 e. The Bertz CT molecular complexity index is 1050. The maximum atomic E-state index is 13.6. The normalized spacial score (nSPS) is 12.5. The molecule has 0 fully saturated rings. The molecule has 0 saturated heterocycles. The van der Waals surface area contributed by atoms with Crippen LogP contribution in [-0.4, -0.2) is 34.6 Å². The van der Waals surface area contributed by atoms with Crippen LogP contribution in [0.2, 0.25) is 0 Å². The summed E-state index contributed by atoms with van der Waals surface area (Å²) in [7, 11) is 0. The molecule has 0 bridgehead atoms. The minimum Gasteiger partial charge on any atom is -0.352 e. The molecule has 3 rings (SSSR count). The number of amides is 2. The van der Waals surface area contributed by atoms with Crippen molar-refractivity contribution in [2.24, 2.45) is 0 Å². The molecule has 1 N–H and O–H groups in total. The van der Waals surface area contributed by atoms with Gasteiger partial charge in [-0.1, -0.05) is 97.4 Å². The summed E-state index contributed by atoms with van der Waals surface area (Å²) in [5.41, 5.74) is 4.41. The Morgan fingerprint density at radius 3 is 2.06 bits per heavy atom. The van der Waals surface area contributed by atoms with E-state index in [0.717, 1.165) is 23.3 Å². The van der Waals surface area contributed by atoms with Crippen LogP contribution in [0.4, 0.5) is 0 Å². The van der Waals surface area contributed by atoms with Crippen LogP contribution in [0.25, 0.3) is 0 Å². The highest BCUT2D eigenvalue weighted by atomic mass is 32.2. The number of hydrogen-bond acceptors (Lipinski definition) is 3. The van der Waals surface area contributed by atoms with Crippen LogP contribution >= 0.6 is 11.8 Å². The average Bonchev–Trinajstić information content (AvgIpc) is 2.88. The molecule has 0 aromatic heterocycles. The molecule has 2 amide bonds. The summed E-state index contributed by atoms with van der Waals surface area (Å²) in [4.78, 5) is 28.9. The molecule has 3 aromatic rings. The van der Waals surface area contributed by atoms with Crippen LogP contribution in [0.1, 0.15) is 42.5 Å². The number of nitrogens with zero attached hydrogens (tertiary/aromatic N) is 1. The lowest BCUT2D eigenvalue weighted by Crippen LogP contribution is -2.52. The second-order valence-electron chi connectivity index (χ2n) is 9.01. The Morgan fingerprint density at radius 1 is 0.857 bits per heavy atom. The first kappa shape index (κ1) is 26.6. The van der Waals surface area contributed by atoms with Crippen molar-refractivity contribution in [3.05, 3.63) is 107 Å². The van der Waals surface area contributed by atoms with Gasteiger partial charge in [-0.2, -0.15) is 0 Å². The SMILES string of the molecule is CC[C@H](C)NC(=O)[C@H](Cc1ccccc1)N(Cc1ccc(C)cc1)C(=O)CSCc1ccccc1. The minimum atomic E-state index is -0.586. The fraction of sp³-hybridized carbons (Fsp3) is 0.333. The highest BCUT2D eigenvalue weighted by molar-refractivity contribution is 7.99. The molecule has 0 spiro atoms. The molecule has 4 nitrogen and oxygen atoms in total. The van der Waals surface area contributed by atoms with Gasteiger partial charge in [0.15, 0.2) is 0 Å². The molecular weight excluding hydrogens is 452 g/mol. The lowest BCUT2D eigenvalue weighted by Gasteiger charge is -2.32. The Morgan fingerprint density at radius 2 is 1.46 bits per heavy atom. The topological polar surface area (TPSA) is 49.4 Å². The van der Waals surface area contributed by atoms with Crippen LogP contribution in [0, 0.1) is 6.92 Å². The van der Waals surface area contributed by atoms with Gasteiger partial charge in [0.05, 0.1) is 5.75 Å². The number of hydrogen-bond donors (Lipinski definition) is 1. The van der Waals surface area contributed by atoms with Gasteiger partial charge in [0.25, 0.3) is 0 Å². The summed E-state index contributed by atoms with van der Waals surface area (Å²) in [5, 5.41) is 3.12. The molecule has 3 aromatic carbocycles. The molecule has 0 aliphatic rings. The third-order valence-electron chi connectivity index (χ3n) is 6.08. The highest BCUT2D eigenvalue weighted by Gasteiger charge is 2.30. The first-order chi connectivity index (χ1) is 17.0. The molecular formula is C30H36N2O2S. The Balaban J connectivity index is 1.85. The van der Waals surface area contributed by atoms with Gasteiger partial charge in [-0.15, -0.1) is 11.8 Å². The standard InChI is InChI=1S/C30H36N2O2S/c1-4-24(3)31-30(34)28(19-25-11-7-5-8-12-25)32(20-26-17-15-23(2)16-18-26)29(33)22-35-21-27-13-9-6-10-14-27/h5-18,24,28H,4,19-22H2,1-3H3,(H,31,34)/t24-,28-/m0/s1. The van der Waals surface area contributed by atoms with Crippen molar-refractivity contribution in [3.8, 4) is 0 Å². The van der Waals surface area contributed by atoms with Crippen molar-refractivity contribution in [1.82, 2.24) is 10.2 Å². The quantitative estimate of drug-likeness (QED) is 0.351. The van der Waals surface area contributed by atoms with Gasteiger partial charge in [-0.3, -0.25) is 9.59 Å². The van der Waals surface area contributed by atoms with E-state index in [4.69, 9.17) is 0 Å². The summed E-state index contributed by atoms with van der Waals surface area (Å²) < 4.78 is 0. The van der Waals surface area contributed by atoms with Gasteiger partial charge in [-0.25, -0.2) is 0 Å². The predicted molar refractivity (Wildman–Crippen MR) is 146 cm³/mol. The lowest BCUT2D eigenvalue weighted by molar-refractivity contribution is -0.139. The average molecular weight is 489 g/mol. The predicted octanol–water partition coefficient (Wildman–Crippen LogP) is 5.78. The molecule has 5 heteroatoms. The van der Waals surface area contributed by atoms with E-state index >= 15 is 0 Å². The molecule has 0 unspecified atom stereocenters. The van der Waals surface area contributed by atoms with Crippen LogP contribution in [-0.2, 0) is 28.3 Å². The summed E-state index contributed by atoms with van der Waals surface area (Å²) in [6.45, 7) is 6.49. The molecule has 0 heterocycles. The van der Waals surface area contributed by atoms with Crippen molar-refractivity contribution in [3.63, 3.8) is 0 Å². The summed E-state index contributed by atoms with van der Waals surface area (Å²) in [5.74, 6) is 0.958. The van der Waals surface area contributed by atoms with Gasteiger partial charge in [0.1, 0.15) is 6.04 Å². The monoisotopic (exact) mass is 488 g/mol. The first-order valence-corrected chi connectivity index (χ1v) is 13.4. The van der Waals surface area contributed by atoms with E-state index in [1.165, 1.54) is 11.1 Å². The third-order valence-corrected chi connectivity index (χ3v) is 7.07. The van der Waals surface area contributed by atoms with E-state index < -0.39 is 6.04 Å². The Labute approximate surface area is 214 Å². The summed E-state index contributed by atoms with van der Waals surface area (Å²) in [6, 6.07) is 27.7. The van der Waals surface area contributed by atoms with Crippen molar-refractivity contribution in [2.45, 2.75) is 58.0 Å².